The van der Waals surface area contributed by atoms with Gasteiger partial charge in [-0.1, -0.05) is 0 Å². The van der Waals surface area contributed by atoms with E-state index in [1.54, 1.807) is 0 Å². The van der Waals surface area contributed by atoms with Crippen molar-refractivity contribution in [3.05, 3.63) is 0 Å². The summed E-state index contributed by atoms with van der Waals surface area (Å²) in [6, 6.07) is -1.02. The van der Waals surface area contributed by atoms with E-state index >= 15 is 0 Å². The Hall–Kier alpha value is -1.19. The van der Waals surface area contributed by atoms with Crippen molar-refractivity contribution in [2.24, 2.45) is 11.7 Å². The van der Waals surface area contributed by atoms with Gasteiger partial charge in [-0.25, -0.2) is 0 Å². The minimum atomic E-state index is -3.87. The average Bonchev–Trinajstić information content (AvgIpc) is 2.47. The van der Waals surface area contributed by atoms with Crippen LogP contribution in [0.1, 0.15) is 32.1 Å². The predicted molar refractivity (Wildman–Crippen MR) is 74.4 cm³/mol. The lowest BCUT2D eigenvalue weighted by atomic mass is 9.99. The van der Waals surface area contributed by atoms with Crippen LogP contribution in [0.15, 0.2) is 0 Å². The van der Waals surface area contributed by atoms with Crippen molar-refractivity contribution in [1.82, 2.24) is 8.61 Å². The Balaban J connectivity index is 2.19. The number of rotatable bonds is 4. The highest BCUT2D eigenvalue weighted by atomic mass is 32.2. The fourth-order valence-electron chi connectivity index (χ4n) is 2.96. The number of carbonyl (C=O) groups excluding carboxylic acids is 1. The minimum Gasteiger partial charge on any atom is -0.480 e. The molecule has 1 amide bonds. The third-order valence-corrected chi connectivity index (χ3v) is 6.16. The molecule has 0 aromatic carbocycles. The molecular formula is C12H21N3O5S. The molecule has 2 rings (SSSR count). The lowest BCUT2D eigenvalue weighted by molar-refractivity contribution is -0.142. The number of carbonyl (C=O) groups is 2. The van der Waals surface area contributed by atoms with Crippen molar-refractivity contribution in [1.29, 1.82) is 0 Å². The molecule has 0 aliphatic carbocycles. The summed E-state index contributed by atoms with van der Waals surface area (Å²) in [5.41, 5.74) is 5.26. The molecule has 9 heteroatoms. The smallest absolute Gasteiger partial charge is 0.322 e. The molecule has 0 radical (unpaired) electrons. The molecule has 2 aliphatic rings. The number of primary amides is 1. The number of aliphatic carboxylic acids is 1. The van der Waals surface area contributed by atoms with Crippen molar-refractivity contribution in [2.75, 3.05) is 19.6 Å². The van der Waals surface area contributed by atoms with Gasteiger partial charge in [0.05, 0.1) is 5.92 Å². The summed E-state index contributed by atoms with van der Waals surface area (Å²) in [6.07, 6.45) is 2.80. The summed E-state index contributed by atoms with van der Waals surface area (Å²) in [6.45, 7) is 0.548. The minimum absolute atomic E-state index is 0.0422. The van der Waals surface area contributed by atoms with Gasteiger partial charge in [0.25, 0.3) is 10.2 Å². The Morgan fingerprint density at radius 1 is 1.10 bits per heavy atom. The van der Waals surface area contributed by atoms with Gasteiger partial charge in [0, 0.05) is 19.6 Å². The van der Waals surface area contributed by atoms with E-state index in [1.165, 1.54) is 4.31 Å². The second-order valence-corrected chi connectivity index (χ2v) is 7.45. The maximum absolute atomic E-state index is 12.7. The Labute approximate surface area is 124 Å². The molecule has 120 valence electrons. The standard InChI is InChI=1S/C12H21N3O5S/c13-11(16)9-4-3-6-14(8-9)21(19,20)15-7-2-1-5-10(15)12(17)18/h9-10H,1-8H2,(H2,13,16)(H,17,18)/t9?,10-/m0/s1. The zero-order chi connectivity index (χ0) is 15.6. The predicted octanol–water partition coefficient (Wildman–Crippen LogP) is -0.632. The van der Waals surface area contributed by atoms with Gasteiger partial charge < -0.3 is 10.8 Å². The first-order chi connectivity index (χ1) is 9.84. The molecule has 2 fully saturated rings. The molecule has 8 nitrogen and oxygen atoms in total. The van der Waals surface area contributed by atoms with Gasteiger partial charge in [0.15, 0.2) is 0 Å². The van der Waals surface area contributed by atoms with E-state index in [0.717, 1.165) is 4.31 Å². The van der Waals surface area contributed by atoms with E-state index in [1.807, 2.05) is 0 Å². The monoisotopic (exact) mass is 319 g/mol. The second-order valence-electron chi connectivity index (χ2n) is 5.57. The molecule has 2 saturated heterocycles. The Morgan fingerprint density at radius 2 is 1.81 bits per heavy atom. The highest BCUT2D eigenvalue weighted by molar-refractivity contribution is 7.86. The van der Waals surface area contributed by atoms with Crippen LogP contribution in [0.25, 0.3) is 0 Å². The molecule has 2 atom stereocenters. The topological polar surface area (TPSA) is 121 Å². The van der Waals surface area contributed by atoms with E-state index < -0.39 is 34.0 Å². The van der Waals surface area contributed by atoms with Gasteiger partial charge in [-0.05, 0) is 32.1 Å². The third-order valence-electron chi connectivity index (χ3n) is 4.15. The molecule has 2 aliphatic heterocycles. The quantitative estimate of drug-likeness (QED) is 0.714. The number of carboxylic acids is 1. The van der Waals surface area contributed by atoms with Crippen molar-refractivity contribution < 1.29 is 23.1 Å². The normalized spacial score (nSPS) is 29.1. The van der Waals surface area contributed by atoms with Gasteiger partial charge >= 0.3 is 5.97 Å². The van der Waals surface area contributed by atoms with Gasteiger partial charge in [0.2, 0.25) is 5.91 Å². The Bertz CT molecular complexity index is 521. The molecule has 0 saturated carbocycles. The summed E-state index contributed by atoms with van der Waals surface area (Å²) < 4.78 is 27.6. The molecule has 1 unspecified atom stereocenters. The lowest BCUT2D eigenvalue weighted by Gasteiger charge is -2.38. The largest absolute Gasteiger partial charge is 0.480 e. The van der Waals surface area contributed by atoms with E-state index in [4.69, 9.17) is 5.73 Å². The van der Waals surface area contributed by atoms with Crippen LogP contribution in [0.5, 0.6) is 0 Å². The van der Waals surface area contributed by atoms with Crippen LogP contribution in [-0.4, -0.2) is 59.7 Å². The first-order valence-electron chi connectivity index (χ1n) is 7.13. The summed E-state index contributed by atoms with van der Waals surface area (Å²) in [7, 11) is -3.87. The first kappa shape index (κ1) is 16.2. The van der Waals surface area contributed by atoms with E-state index in [2.05, 4.69) is 0 Å². The summed E-state index contributed by atoms with van der Waals surface area (Å²) in [5, 5.41) is 9.21. The van der Waals surface area contributed by atoms with Crippen molar-refractivity contribution in [3.8, 4) is 0 Å². The van der Waals surface area contributed by atoms with Crippen LogP contribution in [0, 0.1) is 5.92 Å². The number of amides is 1. The maximum atomic E-state index is 12.7. The zero-order valence-electron chi connectivity index (χ0n) is 11.8. The highest BCUT2D eigenvalue weighted by Gasteiger charge is 2.41. The molecule has 0 bridgehead atoms. The molecule has 3 N–H and O–H groups in total. The van der Waals surface area contributed by atoms with Gasteiger partial charge in [-0.15, -0.1) is 0 Å². The average molecular weight is 319 g/mol. The Kier molecular flexibility index (Phi) is 4.84. The van der Waals surface area contributed by atoms with Crippen molar-refractivity contribution >= 4 is 22.1 Å². The maximum Gasteiger partial charge on any atom is 0.322 e. The Morgan fingerprint density at radius 3 is 2.43 bits per heavy atom. The van der Waals surface area contributed by atoms with Crippen LogP contribution in [0.2, 0.25) is 0 Å². The van der Waals surface area contributed by atoms with Crippen molar-refractivity contribution in [3.63, 3.8) is 0 Å². The molecular weight excluding hydrogens is 298 g/mol. The van der Waals surface area contributed by atoms with Gasteiger partial charge in [-0.3, -0.25) is 9.59 Å². The van der Waals surface area contributed by atoms with E-state index in [-0.39, 0.29) is 13.1 Å². The van der Waals surface area contributed by atoms with Crippen molar-refractivity contribution in [2.45, 2.75) is 38.1 Å². The summed E-state index contributed by atoms with van der Waals surface area (Å²) in [4.78, 5) is 22.5. The lowest BCUT2D eigenvalue weighted by Crippen LogP contribution is -2.55. The summed E-state index contributed by atoms with van der Waals surface area (Å²) in [5.74, 6) is -2.13. The van der Waals surface area contributed by atoms with Crippen LogP contribution in [0.3, 0.4) is 0 Å². The van der Waals surface area contributed by atoms with Crippen LogP contribution in [-0.2, 0) is 19.8 Å². The summed E-state index contributed by atoms with van der Waals surface area (Å²) >= 11 is 0. The molecule has 0 aromatic rings. The first-order valence-corrected chi connectivity index (χ1v) is 8.52. The van der Waals surface area contributed by atoms with E-state index in [9.17, 15) is 23.1 Å². The number of nitrogens with two attached hydrogens (primary N) is 1. The fourth-order valence-corrected chi connectivity index (χ4v) is 4.86. The molecule has 0 spiro atoms. The number of hydrogen-bond acceptors (Lipinski definition) is 4. The fraction of sp³-hybridized carbons (Fsp3) is 0.833. The number of nitrogens with zero attached hydrogens (tertiary/aromatic N) is 2. The second kappa shape index (κ2) is 6.29. The van der Waals surface area contributed by atoms with E-state index in [0.29, 0.717) is 38.6 Å². The van der Waals surface area contributed by atoms with Crippen LogP contribution < -0.4 is 5.73 Å². The number of carboxylic acid groups (broad SMARTS) is 1. The third kappa shape index (κ3) is 3.35. The highest BCUT2D eigenvalue weighted by Crippen LogP contribution is 2.26. The number of piperidine rings is 2. The molecule has 21 heavy (non-hydrogen) atoms. The SMILES string of the molecule is NC(=O)C1CCCN(S(=O)(=O)N2CCCC[C@H]2C(=O)O)C1. The molecule has 0 aromatic heterocycles. The zero-order valence-corrected chi connectivity index (χ0v) is 12.6. The van der Waals surface area contributed by atoms with Gasteiger partial charge in [0.1, 0.15) is 6.04 Å². The van der Waals surface area contributed by atoms with Crippen LogP contribution in [0.4, 0.5) is 0 Å². The molecule has 2 heterocycles. The number of hydrogen-bond donors (Lipinski definition) is 2. The van der Waals surface area contributed by atoms with Crippen LogP contribution >= 0.6 is 0 Å². The van der Waals surface area contributed by atoms with Gasteiger partial charge in [-0.2, -0.15) is 17.0 Å².